The van der Waals surface area contributed by atoms with E-state index in [1.54, 1.807) is 0 Å². The molecule has 0 aliphatic heterocycles. The fraction of sp³-hybridized carbons (Fsp3) is 0. The summed E-state index contributed by atoms with van der Waals surface area (Å²) in [5.41, 5.74) is 7.20. The molecule has 0 saturated heterocycles. The van der Waals surface area contributed by atoms with Gasteiger partial charge in [0.15, 0.2) is 5.82 Å². The summed E-state index contributed by atoms with van der Waals surface area (Å²) in [6.07, 6.45) is 0. The van der Waals surface area contributed by atoms with Crippen LogP contribution in [0.2, 0.25) is 0 Å². The number of nitrogens with zero attached hydrogens (tertiary/aromatic N) is 2. The third kappa shape index (κ3) is 4.92. The Bertz CT molecular complexity index is 2880. The molecule has 2 heteroatoms. The highest BCUT2D eigenvalue weighted by molar-refractivity contribution is 6.07. The standard InChI is InChI=1S/C46H30N2/c1-3-14-32(15-4-1)36-25-27-42(40-21-11-9-19-38(36)40)44-30-45(48-46(47-44)33-16-5-2-6-17-33)43-28-26-37(39-20-10-12-22-41(39)43)35-24-23-31-13-7-8-18-34(31)29-35/h1-30H/i1D,3D,4D,14D,15D. The fourth-order valence-electron chi connectivity index (χ4n) is 6.70. The minimum absolute atomic E-state index is 0.171. The molecule has 0 atom stereocenters. The molecule has 0 amide bonds. The van der Waals surface area contributed by atoms with Crippen molar-refractivity contribution >= 4 is 32.3 Å². The van der Waals surface area contributed by atoms with E-state index >= 15 is 0 Å². The maximum Gasteiger partial charge on any atom is 0.160 e. The van der Waals surface area contributed by atoms with Crippen LogP contribution >= 0.6 is 0 Å². The first kappa shape index (κ1) is 23.0. The van der Waals surface area contributed by atoms with Crippen molar-refractivity contribution in [3.05, 3.63) is 182 Å². The number of fused-ring (bicyclic) bond motifs is 3. The predicted molar refractivity (Wildman–Crippen MR) is 202 cm³/mol. The molecule has 1 aromatic heterocycles. The van der Waals surface area contributed by atoms with Crippen LogP contribution < -0.4 is 0 Å². The van der Waals surface area contributed by atoms with Crippen LogP contribution in [0.4, 0.5) is 0 Å². The molecule has 0 N–H and O–H groups in total. The van der Waals surface area contributed by atoms with Gasteiger partial charge in [0, 0.05) is 16.7 Å². The van der Waals surface area contributed by atoms with Crippen LogP contribution in [0.25, 0.3) is 88.5 Å². The van der Waals surface area contributed by atoms with Gasteiger partial charge in [-0.1, -0.05) is 170 Å². The van der Waals surface area contributed by atoms with Crippen LogP contribution in [0.1, 0.15) is 6.85 Å². The largest absolute Gasteiger partial charge is 0.228 e. The first-order valence-corrected chi connectivity index (χ1v) is 15.9. The molecule has 9 rings (SSSR count). The molecule has 0 spiro atoms. The van der Waals surface area contributed by atoms with Gasteiger partial charge in [-0.25, -0.2) is 9.97 Å². The molecule has 0 unspecified atom stereocenters. The Balaban J connectivity index is 1.26. The SMILES string of the molecule is [2H]c1c([2H])c([2H])c(-c2ccc(-c3cc(-c4ccc(-c5ccc6ccccc6c5)c5ccccc45)nc(-c4ccccc4)n3)c3ccccc23)c([2H])c1[2H]. The van der Waals surface area contributed by atoms with Crippen LogP contribution in [0.3, 0.4) is 0 Å². The molecule has 1 heterocycles. The molecule has 8 aromatic carbocycles. The van der Waals surface area contributed by atoms with Gasteiger partial charge in [-0.15, -0.1) is 0 Å². The molecule has 0 saturated carbocycles. The van der Waals surface area contributed by atoms with Gasteiger partial charge in [0.1, 0.15) is 0 Å². The number of rotatable bonds is 5. The van der Waals surface area contributed by atoms with Gasteiger partial charge in [-0.3, -0.25) is 0 Å². The van der Waals surface area contributed by atoms with Crippen molar-refractivity contribution in [1.29, 1.82) is 0 Å². The molecular weight excluding hydrogens is 581 g/mol. The quantitative estimate of drug-likeness (QED) is 0.192. The lowest BCUT2D eigenvalue weighted by atomic mass is 9.91. The summed E-state index contributed by atoms with van der Waals surface area (Å²) in [5.74, 6) is 0.583. The van der Waals surface area contributed by atoms with Gasteiger partial charge in [0.25, 0.3) is 0 Å². The van der Waals surface area contributed by atoms with Crippen molar-refractivity contribution in [2.75, 3.05) is 0 Å². The molecule has 0 radical (unpaired) electrons. The molecule has 0 fully saturated rings. The minimum Gasteiger partial charge on any atom is -0.228 e. The molecule has 48 heavy (non-hydrogen) atoms. The first-order valence-electron chi connectivity index (χ1n) is 18.4. The predicted octanol–water partition coefficient (Wildman–Crippen LogP) is 12.3. The van der Waals surface area contributed by atoms with Crippen molar-refractivity contribution in [2.24, 2.45) is 0 Å². The monoisotopic (exact) mass is 615 g/mol. The van der Waals surface area contributed by atoms with Crippen LogP contribution in [0.5, 0.6) is 0 Å². The van der Waals surface area contributed by atoms with E-state index in [1.807, 2.05) is 72.8 Å². The average molecular weight is 616 g/mol. The Morgan fingerprint density at radius 1 is 0.354 bits per heavy atom. The molecule has 0 aliphatic rings. The summed E-state index contributed by atoms with van der Waals surface area (Å²) in [4.78, 5) is 10.3. The van der Waals surface area contributed by atoms with E-state index in [9.17, 15) is 0 Å². The van der Waals surface area contributed by atoms with Gasteiger partial charge in [-0.05, 0) is 66.7 Å². The normalized spacial score (nSPS) is 12.8. The van der Waals surface area contributed by atoms with Gasteiger partial charge in [-0.2, -0.15) is 0 Å². The van der Waals surface area contributed by atoms with Crippen LogP contribution in [-0.4, -0.2) is 9.97 Å². The lowest BCUT2D eigenvalue weighted by Crippen LogP contribution is -1.97. The van der Waals surface area contributed by atoms with Crippen LogP contribution in [-0.2, 0) is 0 Å². The number of aromatic nitrogens is 2. The Morgan fingerprint density at radius 2 is 0.854 bits per heavy atom. The zero-order chi connectivity index (χ0) is 36.2. The Hall–Kier alpha value is -6.38. The maximum atomic E-state index is 8.69. The minimum atomic E-state index is -0.413. The zero-order valence-corrected chi connectivity index (χ0v) is 25.8. The van der Waals surface area contributed by atoms with E-state index in [-0.39, 0.29) is 29.7 Å². The number of hydrogen-bond donors (Lipinski definition) is 0. The number of benzene rings is 8. The van der Waals surface area contributed by atoms with E-state index < -0.39 is 6.04 Å². The summed E-state index contributed by atoms with van der Waals surface area (Å²) < 4.78 is 42.1. The second-order valence-electron chi connectivity index (χ2n) is 11.8. The van der Waals surface area contributed by atoms with E-state index in [1.165, 1.54) is 10.8 Å². The lowest BCUT2D eigenvalue weighted by molar-refractivity contribution is 1.19. The van der Waals surface area contributed by atoms with Crippen molar-refractivity contribution in [1.82, 2.24) is 9.97 Å². The second-order valence-corrected chi connectivity index (χ2v) is 11.8. The van der Waals surface area contributed by atoms with Crippen LogP contribution in [0, 0.1) is 0 Å². The molecule has 2 nitrogen and oxygen atoms in total. The van der Waals surface area contributed by atoms with Gasteiger partial charge in [0.2, 0.25) is 0 Å². The van der Waals surface area contributed by atoms with Crippen molar-refractivity contribution in [2.45, 2.75) is 0 Å². The smallest absolute Gasteiger partial charge is 0.160 e. The lowest BCUT2D eigenvalue weighted by Gasteiger charge is -2.15. The topological polar surface area (TPSA) is 25.8 Å². The molecule has 224 valence electrons. The summed E-state index contributed by atoms with van der Waals surface area (Å²) in [5, 5.41) is 6.19. The molecule has 0 aliphatic carbocycles. The van der Waals surface area contributed by atoms with Crippen molar-refractivity contribution in [3.8, 4) is 56.2 Å². The van der Waals surface area contributed by atoms with E-state index in [0.717, 1.165) is 55.1 Å². The van der Waals surface area contributed by atoms with E-state index in [0.29, 0.717) is 17.1 Å². The van der Waals surface area contributed by atoms with E-state index in [4.69, 9.17) is 16.8 Å². The fourth-order valence-corrected chi connectivity index (χ4v) is 6.70. The zero-order valence-electron chi connectivity index (χ0n) is 30.8. The van der Waals surface area contributed by atoms with Crippen molar-refractivity contribution < 1.29 is 6.85 Å². The summed E-state index contributed by atoms with van der Waals surface area (Å²) in [6, 6.07) is 49.6. The van der Waals surface area contributed by atoms with E-state index in [2.05, 4.69) is 78.9 Å². The highest BCUT2D eigenvalue weighted by Crippen LogP contribution is 2.40. The summed E-state index contributed by atoms with van der Waals surface area (Å²) >= 11 is 0. The van der Waals surface area contributed by atoms with Gasteiger partial charge in [0.05, 0.1) is 18.2 Å². The Kier molecular flexibility index (Phi) is 5.64. The van der Waals surface area contributed by atoms with Crippen LogP contribution in [0.15, 0.2) is 182 Å². The Morgan fingerprint density at radius 3 is 1.48 bits per heavy atom. The highest BCUT2D eigenvalue weighted by Gasteiger charge is 2.17. The molecular formula is C46H30N2. The highest BCUT2D eigenvalue weighted by atomic mass is 14.9. The Labute approximate surface area is 286 Å². The second kappa shape index (κ2) is 11.8. The molecule has 0 bridgehead atoms. The first-order chi connectivity index (χ1) is 25.9. The summed E-state index contributed by atoms with van der Waals surface area (Å²) in [7, 11) is 0. The average Bonchev–Trinajstić information content (AvgIpc) is 3.22. The third-order valence-electron chi connectivity index (χ3n) is 8.99. The van der Waals surface area contributed by atoms with Gasteiger partial charge < -0.3 is 0 Å². The molecule has 9 aromatic rings. The summed E-state index contributed by atoms with van der Waals surface area (Å²) in [6.45, 7) is 0. The maximum absolute atomic E-state index is 8.69. The van der Waals surface area contributed by atoms with Crippen molar-refractivity contribution in [3.63, 3.8) is 0 Å². The van der Waals surface area contributed by atoms with Gasteiger partial charge >= 0.3 is 0 Å². The number of hydrogen-bond acceptors (Lipinski definition) is 2. The third-order valence-corrected chi connectivity index (χ3v) is 8.99.